The molecule has 0 spiro atoms. The number of benzene rings is 1. The summed E-state index contributed by atoms with van der Waals surface area (Å²) in [5, 5.41) is 13.3. The Bertz CT molecular complexity index is 639. The molecule has 0 fully saturated rings. The second-order valence-corrected chi connectivity index (χ2v) is 4.29. The fraction of sp³-hybridized carbons (Fsp3) is 0.182. The molecule has 1 unspecified atom stereocenters. The topological polar surface area (TPSA) is 38.0 Å². The molecule has 20 heavy (non-hydrogen) atoms. The summed E-state index contributed by atoms with van der Waals surface area (Å²) in [5.74, 6) is -10.8. The van der Waals surface area contributed by atoms with E-state index in [2.05, 4.69) is 5.10 Å². The van der Waals surface area contributed by atoms with Gasteiger partial charge < -0.3 is 5.11 Å². The minimum absolute atomic E-state index is 0.177. The lowest BCUT2D eigenvalue weighted by Crippen LogP contribution is -2.15. The van der Waals surface area contributed by atoms with Gasteiger partial charge in [0.15, 0.2) is 23.3 Å². The van der Waals surface area contributed by atoms with Crippen molar-refractivity contribution in [3.8, 4) is 0 Å². The van der Waals surface area contributed by atoms with Crippen molar-refractivity contribution < 1.29 is 27.1 Å². The first-order chi connectivity index (χ1) is 9.27. The van der Waals surface area contributed by atoms with E-state index in [1.54, 1.807) is 0 Å². The number of aromatic nitrogens is 2. The van der Waals surface area contributed by atoms with Crippen LogP contribution in [0.4, 0.5) is 22.0 Å². The zero-order valence-corrected chi connectivity index (χ0v) is 10.5. The Kier molecular flexibility index (Phi) is 3.70. The highest BCUT2D eigenvalue weighted by molar-refractivity contribution is 6.31. The molecule has 1 aromatic heterocycles. The molecule has 0 aliphatic heterocycles. The van der Waals surface area contributed by atoms with Crippen molar-refractivity contribution in [2.75, 3.05) is 0 Å². The third-order valence-electron chi connectivity index (χ3n) is 2.71. The van der Waals surface area contributed by atoms with Crippen LogP contribution in [-0.4, -0.2) is 14.9 Å². The highest BCUT2D eigenvalue weighted by atomic mass is 35.5. The van der Waals surface area contributed by atoms with Crippen molar-refractivity contribution >= 4 is 11.6 Å². The van der Waals surface area contributed by atoms with Crippen LogP contribution in [-0.2, 0) is 7.05 Å². The van der Waals surface area contributed by atoms with Crippen LogP contribution in [0.25, 0.3) is 0 Å². The molecule has 0 aliphatic rings. The monoisotopic (exact) mass is 312 g/mol. The maximum atomic E-state index is 13.6. The number of hydrogen-bond donors (Lipinski definition) is 1. The van der Waals surface area contributed by atoms with Gasteiger partial charge in [-0.05, 0) is 0 Å². The highest BCUT2D eigenvalue weighted by Crippen LogP contribution is 2.33. The molecule has 0 bridgehead atoms. The van der Waals surface area contributed by atoms with Gasteiger partial charge in [0.1, 0.15) is 6.10 Å². The molecule has 0 saturated carbocycles. The van der Waals surface area contributed by atoms with Gasteiger partial charge in [-0.2, -0.15) is 5.10 Å². The quantitative estimate of drug-likeness (QED) is 0.526. The van der Waals surface area contributed by atoms with Crippen LogP contribution in [0.5, 0.6) is 0 Å². The van der Waals surface area contributed by atoms with Gasteiger partial charge in [0.05, 0.1) is 22.5 Å². The molecule has 108 valence electrons. The van der Waals surface area contributed by atoms with E-state index in [9.17, 15) is 27.1 Å². The fourth-order valence-corrected chi connectivity index (χ4v) is 2.00. The van der Waals surface area contributed by atoms with Crippen molar-refractivity contribution in [1.29, 1.82) is 0 Å². The Balaban J connectivity index is 2.71. The van der Waals surface area contributed by atoms with E-state index in [1.165, 1.54) is 7.05 Å². The summed E-state index contributed by atoms with van der Waals surface area (Å²) >= 11 is 5.66. The Morgan fingerprint density at radius 2 is 1.50 bits per heavy atom. The maximum Gasteiger partial charge on any atom is 0.200 e. The molecule has 2 rings (SSSR count). The minimum Gasteiger partial charge on any atom is -0.382 e. The zero-order valence-electron chi connectivity index (χ0n) is 9.76. The molecule has 1 N–H and O–H groups in total. The maximum absolute atomic E-state index is 13.6. The Labute approximate surface area is 114 Å². The number of aliphatic hydroxyl groups is 1. The van der Waals surface area contributed by atoms with Crippen LogP contribution < -0.4 is 0 Å². The van der Waals surface area contributed by atoms with Crippen LogP contribution in [0.2, 0.25) is 5.02 Å². The third-order valence-corrected chi connectivity index (χ3v) is 3.01. The van der Waals surface area contributed by atoms with E-state index in [-0.39, 0.29) is 10.7 Å². The van der Waals surface area contributed by atoms with Gasteiger partial charge in [0, 0.05) is 7.05 Å². The van der Waals surface area contributed by atoms with Crippen LogP contribution in [0.3, 0.4) is 0 Å². The molecule has 9 heteroatoms. The van der Waals surface area contributed by atoms with Gasteiger partial charge in [-0.3, -0.25) is 4.68 Å². The van der Waals surface area contributed by atoms with Crippen molar-refractivity contribution in [2.24, 2.45) is 7.05 Å². The summed E-state index contributed by atoms with van der Waals surface area (Å²) in [5.41, 5.74) is -1.68. The van der Waals surface area contributed by atoms with Crippen LogP contribution in [0.15, 0.2) is 6.20 Å². The summed E-state index contributed by atoms with van der Waals surface area (Å²) in [4.78, 5) is 0. The predicted octanol–water partition coefficient (Wildman–Crippen LogP) is 2.85. The summed E-state index contributed by atoms with van der Waals surface area (Å²) < 4.78 is 67.1. The largest absolute Gasteiger partial charge is 0.382 e. The molecule has 0 aliphatic carbocycles. The second kappa shape index (κ2) is 5.02. The minimum atomic E-state index is -2.30. The van der Waals surface area contributed by atoms with Crippen molar-refractivity contribution in [1.82, 2.24) is 9.78 Å². The van der Waals surface area contributed by atoms with E-state index in [0.717, 1.165) is 10.9 Å². The Hall–Kier alpha value is -1.67. The molecule has 1 atom stereocenters. The fourth-order valence-electron chi connectivity index (χ4n) is 1.73. The van der Waals surface area contributed by atoms with Crippen molar-refractivity contribution in [2.45, 2.75) is 6.10 Å². The van der Waals surface area contributed by atoms with E-state index >= 15 is 0 Å². The Morgan fingerprint density at radius 1 is 1.05 bits per heavy atom. The molecule has 0 saturated heterocycles. The van der Waals surface area contributed by atoms with Crippen LogP contribution >= 0.6 is 11.6 Å². The van der Waals surface area contributed by atoms with Gasteiger partial charge in [-0.1, -0.05) is 11.6 Å². The molecule has 1 aromatic carbocycles. The van der Waals surface area contributed by atoms with Gasteiger partial charge in [-0.25, -0.2) is 22.0 Å². The van der Waals surface area contributed by atoms with Crippen molar-refractivity contribution in [3.63, 3.8) is 0 Å². The first kappa shape index (κ1) is 14.7. The van der Waals surface area contributed by atoms with Gasteiger partial charge in [-0.15, -0.1) is 0 Å². The van der Waals surface area contributed by atoms with E-state index < -0.39 is 40.8 Å². The van der Waals surface area contributed by atoms with Gasteiger partial charge >= 0.3 is 0 Å². The zero-order chi connectivity index (χ0) is 15.2. The smallest absolute Gasteiger partial charge is 0.200 e. The van der Waals surface area contributed by atoms with Gasteiger partial charge in [0.2, 0.25) is 5.82 Å². The third kappa shape index (κ3) is 2.04. The average Bonchev–Trinajstić information content (AvgIpc) is 2.73. The lowest BCUT2D eigenvalue weighted by molar-refractivity contribution is 0.193. The summed E-state index contributed by atoms with van der Waals surface area (Å²) in [6.07, 6.45) is -1.09. The Morgan fingerprint density at radius 3 is 1.90 bits per heavy atom. The number of halogens is 6. The number of rotatable bonds is 2. The lowest BCUT2D eigenvalue weighted by Gasteiger charge is -2.15. The highest BCUT2D eigenvalue weighted by Gasteiger charge is 2.32. The molecular weight excluding hydrogens is 307 g/mol. The summed E-state index contributed by atoms with van der Waals surface area (Å²) in [6.45, 7) is 0. The molecule has 3 nitrogen and oxygen atoms in total. The van der Waals surface area contributed by atoms with E-state index in [1.807, 2.05) is 0 Å². The standard InChI is InChI=1S/C11H6ClF5N2O/c1-19-10(3(12)2-18-19)11(20)4-5(13)7(15)9(17)8(16)6(4)14/h2,11,20H,1H3. The molecule has 2 aromatic rings. The molecule has 0 radical (unpaired) electrons. The first-order valence-electron chi connectivity index (χ1n) is 5.14. The van der Waals surface area contributed by atoms with Crippen LogP contribution in [0.1, 0.15) is 17.4 Å². The number of hydrogen-bond acceptors (Lipinski definition) is 2. The summed E-state index contributed by atoms with van der Waals surface area (Å²) in [7, 11) is 1.29. The summed E-state index contributed by atoms with van der Waals surface area (Å²) in [6, 6.07) is 0. The molecular formula is C11H6ClF5N2O. The number of aryl methyl sites for hydroxylation is 1. The molecule has 1 heterocycles. The normalized spacial score (nSPS) is 12.8. The van der Waals surface area contributed by atoms with Crippen LogP contribution in [0, 0.1) is 29.1 Å². The van der Waals surface area contributed by atoms with E-state index in [0.29, 0.717) is 0 Å². The predicted molar refractivity (Wildman–Crippen MR) is 58.5 cm³/mol. The second-order valence-electron chi connectivity index (χ2n) is 3.89. The lowest BCUT2D eigenvalue weighted by atomic mass is 10.0. The SMILES string of the molecule is Cn1ncc(Cl)c1C(O)c1c(F)c(F)c(F)c(F)c1F. The van der Waals surface area contributed by atoms with Crippen molar-refractivity contribution in [3.05, 3.63) is 51.6 Å². The molecule has 0 amide bonds. The number of aliphatic hydroxyl groups excluding tert-OH is 1. The first-order valence-corrected chi connectivity index (χ1v) is 5.52. The van der Waals surface area contributed by atoms with Gasteiger partial charge in [0.25, 0.3) is 0 Å². The number of nitrogens with zero attached hydrogens (tertiary/aromatic N) is 2. The average molecular weight is 313 g/mol. The van der Waals surface area contributed by atoms with E-state index in [4.69, 9.17) is 11.6 Å².